The van der Waals surface area contributed by atoms with Crippen LogP contribution in [0, 0.1) is 0 Å². The van der Waals surface area contributed by atoms with Crippen molar-refractivity contribution in [2.75, 3.05) is 5.75 Å². The van der Waals surface area contributed by atoms with Gasteiger partial charge in [0.25, 0.3) is 5.91 Å². The van der Waals surface area contributed by atoms with Gasteiger partial charge in [0.2, 0.25) is 0 Å². The van der Waals surface area contributed by atoms with Crippen molar-refractivity contribution in [3.05, 3.63) is 28.7 Å². The van der Waals surface area contributed by atoms with Gasteiger partial charge < -0.3 is 4.74 Å². The second kappa shape index (κ2) is 6.56. The maximum atomic E-state index is 11.3. The summed E-state index contributed by atoms with van der Waals surface area (Å²) in [4.78, 5) is 12.5. The van der Waals surface area contributed by atoms with Gasteiger partial charge in [0.1, 0.15) is 6.10 Å². The Labute approximate surface area is 119 Å². The summed E-state index contributed by atoms with van der Waals surface area (Å²) in [6.07, 6.45) is 1.38. The molecule has 98 valence electrons. The zero-order chi connectivity index (χ0) is 13.0. The molecule has 0 bridgehead atoms. The molecule has 1 saturated heterocycles. The third-order valence-electron chi connectivity index (χ3n) is 2.77. The summed E-state index contributed by atoms with van der Waals surface area (Å²) in [6.45, 7) is 0. The molecule has 0 spiro atoms. The zero-order valence-electron chi connectivity index (χ0n) is 9.77. The summed E-state index contributed by atoms with van der Waals surface area (Å²) in [6, 6.07) is 8.14. The van der Waals surface area contributed by atoms with Crippen LogP contribution in [-0.4, -0.2) is 23.9 Å². The van der Waals surface area contributed by atoms with Crippen molar-refractivity contribution in [2.24, 2.45) is 5.84 Å². The molecule has 1 fully saturated rings. The highest BCUT2D eigenvalue weighted by atomic mass is 79.9. The lowest BCUT2D eigenvalue weighted by molar-refractivity contribution is -0.131. The summed E-state index contributed by atoms with van der Waals surface area (Å²) in [5.74, 6) is 5.71. The van der Waals surface area contributed by atoms with Crippen LogP contribution in [0.25, 0.3) is 0 Å². The average molecular weight is 331 g/mol. The molecule has 1 aliphatic rings. The molecule has 6 heteroatoms. The van der Waals surface area contributed by atoms with E-state index in [9.17, 15) is 4.79 Å². The molecule has 1 amide bonds. The van der Waals surface area contributed by atoms with Crippen LogP contribution >= 0.6 is 27.7 Å². The fourth-order valence-electron chi connectivity index (χ4n) is 1.86. The number of hydrogen-bond acceptors (Lipinski definition) is 4. The number of nitrogens with two attached hydrogens (primary N) is 1. The lowest BCUT2D eigenvalue weighted by Gasteiger charge is -2.12. The maximum Gasteiger partial charge on any atom is 0.263 e. The minimum absolute atomic E-state index is 0.122. The Morgan fingerprint density at radius 2 is 2.39 bits per heavy atom. The molecule has 0 radical (unpaired) electrons. The Balaban J connectivity index is 1.80. The molecule has 1 aromatic rings. The monoisotopic (exact) mass is 330 g/mol. The van der Waals surface area contributed by atoms with Gasteiger partial charge in [-0.3, -0.25) is 10.2 Å². The molecule has 2 atom stereocenters. The number of rotatable bonds is 4. The second-order valence-corrected chi connectivity index (χ2v) is 6.11. The largest absolute Gasteiger partial charge is 0.364 e. The van der Waals surface area contributed by atoms with Crippen LogP contribution in [0.2, 0.25) is 0 Å². The van der Waals surface area contributed by atoms with Crippen molar-refractivity contribution >= 4 is 33.6 Å². The molecule has 0 aromatic heterocycles. The van der Waals surface area contributed by atoms with E-state index >= 15 is 0 Å². The van der Waals surface area contributed by atoms with Crippen molar-refractivity contribution in [1.29, 1.82) is 0 Å². The molecule has 1 heterocycles. The van der Waals surface area contributed by atoms with Crippen LogP contribution in [-0.2, 0) is 9.53 Å². The highest BCUT2D eigenvalue weighted by Crippen LogP contribution is 2.28. The minimum atomic E-state index is -0.386. The molecule has 2 unspecified atom stereocenters. The average Bonchev–Trinajstić information content (AvgIpc) is 2.84. The SMILES string of the molecule is NNC(=O)C1CCC(CSc2cccc(Br)c2)O1. The van der Waals surface area contributed by atoms with Gasteiger partial charge in [0.05, 0.1) is 6.10 Å². The van der Waals surface area contributed by atoms with E-state index in [4.69, 9.17) is 10.6 Å². The van der Waals surface area contributed by atoms with Crippen LogP contribution in [0.15, 0.2) is 33.6 Å². The number of carbonyl (C=O) groups excluding carboxylic acids is 1. The van der Waals surface area contributed by atoms with E-state index < -0.39 is 0 Å². The van der Waals surface area contributed by atoms with Crippen LogP contribution in [0.3, 0.4) is 0 Å². The number of halogens is 1. The number of ether oxygens (including phenoxy) is 1. The fraction of sp³-hybridized carbons (Fsp3) is 0.417. The Morgan fingerprint density at radius 1 is 1.56 bits per heavy atom. The summed E-state index contributed by atoms with van der Waals surface area (Å²) < 4.78 is 6.71. The van der Waals surface area contributed by atoms with E-state index in [0.717, 1.165) is 23.1 Å². The number of hydrogen-bond donors (Lipinski definition) is 2. The van der Waals surface area contributed by atoms with E-state index in [1.54, 1.807) is 11.8 Å². The first-order valence-corrected chi connectivity index (χ1v) is 7.51. The lowest BCUT2D eigenvalue weighted by atomic mass is 10.2. The number of carbonyl (C=O) groups is 1. The van der Waals surface area contributed by atoms with Crippen LogP contribution in [0.4, 0.5) is 0 Å². The van der Waals surface area contributed by atoms with Crippen molar-refractivity contribution < 1.29 is 9.53 Å². The van der Waals surface area contributed by atoms with Gasteiger partial charge in [-0.15, -0.1) is 11.8 Å². The van der Waals surface area contributed by atoms with Crippen LogP contribution < -0.4 is 11.3 Å². The van der Waals surface area contributed by atoms with Gasteiger partial charge in [0, 0.05) is 15.1 Å². The van der Waals surface area contributed by atoms with Crippen molar-refractivity contribution in [3.63, 3.8) is 0 Å². The number of hydrazine groups is 1. The van der Waals surface area contributed by atoms with E-state index in [-0.39, 0.29) is 18.1 Å². The first-order valence-electron chi connectivity index (χ1n) is 5.73. The number of nitrogens with one attached hydrogen (secondary N) is 1. The Morgan fingerprint density at radius 3 is 3.11 bits per heavy atom. The predicted molar refractivity (Wildman–Crippen MR) is 75.1 cm³/mol. The van der Waals surface area contributed by atoms with Gasteiger partial charge in [-0.2, -0.15) is 0 Å². The normalized spacial score (nSPS) is 23.0. The topological polar surface area (TPSA) is 64.3 Å². The molecule has 1 aromatic carbocycles. The Hall–Kier alpha value is -0.560. The van der Waals surface area contributed by atoms with Gasteiger partial charge in [-0.05, 0) is 31.0 Å². The molecule has 18 heavy (non-hydrogen) atoms. The Kier molecular flexibility index (Phi) is 5.05. The molecule has 4 nitrogen and oxygen atoms in total. The highest BCUT2D eigenvalue weighted by Gasteiger charge is 2.30. The molecular weight excluding hydrogens is 316 g/mol. The van der Waals surface area contributed by atoms with E-state index in [1.807, 2.05) is 12.1 Å². The standard InChI is InChI=1S/C12H15BrN2O2S/c13-8-2-1-3-10(6-8)18-7-9-4-5-11(17-9)12(16)15-14/h1-3,6,9,11H,4-5,7,14H2,(H,15,16). The van der Waals surface area contributed by atoms with Gasteiger partial charge in [-0.1, -0.05) is 22.0 Å². The van der Waals surface area contributed by atoms with Crippen LogP contribution in [0.1, 0.15) is 12.8 Å². The molecule has 0 aliphatic carbocycles. The molecule has 2 rings (SSSR count). The van der Waals surface area contributed by atoms with Crippen molar-refractivity contribution in [3.8, 4) is 0 Å². The summed E-state index contributed by atoms with van der Waals surface area (Å²) in [5.41, 5.74) is 2.13. The zero-order valence-corrected chi connectivity index (χ0v) is 12.2. The smallest absolute Gasteiger partial charge is 0.263 e. The third-order valence-corrected chi connectivity index (χ3v) is 4.39. The minimum Gasteiger partial charge on any atom is -0.364 e. The highest BCUT2D eigenvalue weighted by molar-refractivity contribution is 9.10. The first-order chi connectivity index (χ1) is 8.69. The molecule has 0 saturated carbocycles. The lowest BCUT2D eigenvalue weighted by Crippen LogP contribution is -2.39. The fourth-order valence-corrected chi connectivity index (χ4v) is 3.42. The quantitative estimate of drug-likeness (QED) is 0.384. The Bertz CT molecular complexity index is 430. The number of benzene rings is 1. The van der Waals surface area contributed by atoms with E-state index in [2.05, 4.69) is 33.5 Å². The summed E-state index contributed by atoms with van der Waals surface area (Å²) in [7, 11) is 0. The van der Waals surface area contributed by atoms with Gasteiger partial charge in [0.15, 0.2) is 0 Å². The summed E-state index contributed by atoms with van der Waals surface area (Å²) in [5, 5.41) is 0. The van der Waals surface area contributed by atoms with Crippen molar-refractivity contribution in [1.82, 2.24) is 5.43 Å². The third kappa shape index (κ3) is 3.71. The molecule has 3 N–H and O–H groups in total. The molecular formula is C12H15BrN2O2S. The second-order valence-electron chi connectivity index (χ2n) is 4.10. The van der Waals surface area contributed by atoms with Crippen molar-refractivity contribution in [2.45, 2.75) is 29.9 Å². The number of amides is 1. The number of thioether (sulfide) groups is 1. The van der Waals surface area contributed by atoms with Crippen LogP contribution in [0.5, 0.6) is 0 Å². The van der Waals surface area contributed by atoms with E-state index in [0.29, 0.717) is 0 Å². The van der Waals surface area contributed by atoms with Gasteiger partial charge >= 0.3 is 0 Å². The maximum absolute atomic E-state index is 11.3. The summed E-state index contributed by atoms with van der Waals surface area (Å²) >= 11 is 5.18. The van der Waals surface area contributed by atoms with E-state index in [1.165, 1.54) is 4.90 Å². The molecule has 1 aliphatic heterocycles. The predicted octanol–water partition coefficient (Wildman–Crippen LogP) is 2.08. The first kappa shape index (κ1) is 13.9. The van der Waals surface area contributed by atoms with Gasteiger partial charge in [-0.25, -0.2) is 5.84 Å².